The van der Waals surface area contributed by atoms with E-state index in [1.54, 1.807) is 0 Å². The van der Waals surface area contributed by atoms with Gasteiger partial charge in [0, 0.05) is 21.4 Å². The lowest BCUT2D eigenvalue weighted by molar-refractivity contribution is 0.398. The van der Waals surface area contributed by atoms with Crippen molar-refractivity contribution in [2.24, 2.45) is 5.73 Å². The number of fused-ring (bicyclic) bond motifs is 3. The van der Waals surface area contributed by atoms with E-state index in [2.05, 4.69) is 6.07 Å². The van der Waals surface area contributed by atoms with Gasteiger partial charge in [-0.05, 0) is 18.6 Å². The second-order valence-corrected chi connectivity index (χ2v) is 6.57. The number of benzene rings is 3. The minimum Gasteiger partial charge on any atom is -0.440 e. The van der Waals surface area contributed by atoms with Gasteiger partial charge in [-0.1, -0.05) is 65.7 Å². The molecule has 0 saturated carbocycles. The highest BCUT2D eigenvalue weighted by Crippen LogP contribution is 2.47. The molecule has 0 bridgehead atoms. The molecule has 0 radical (unpaired) electrons. The van der Waals surface area contributed by atoms with Crippen molar-refractivity contribution < 1.29 is 4.74 Å². The Labute approximate surface area is 150 Å². The van der Waals surface area contributed by atoms with Crippen LogP contribution in [0.2, 0.25) is 5.02 Å². The predicted octanol–water partition coefficient (Wildman–Crippen LogP) is 5.02. The molecule has 0 amide bonds. The molecule has 0 aromatic heterocycles. The van der Waals surface area contributed by atoms with E-state index in [1.807, 2.05) is 61.5 Å². The van der Waals surface area contributed by atoms with E-state index < -0.39 is 0 Å². The van der Waals surface area contributed by atoms with Gasteiger partial charge in [-0.15, -0.1) is 0 Å². The summed E-state index contributed by atoms with van der Waals surface area (Å²) < 4.78 is 5.86. The summed E-state index contributed by atoms with van der Waals surface area (Å²) in [6, 6.07) is 19.9. The van der Waals surface area contributed by atoms with Gasteiger partial charge in [0.2, 0.25) is 5.88 Å². The fourth-order valence-corrected chi connectivity index (χ4v) is 3.62. The molecule has 3 nitrogen and oxygen atoms in total. The highest BCUT2D eigenvalue weighted by molar-refractivity contribution is 6.36. The van der Waals surface area contributed by atoms with Crippen LogP contribution in [0.3, 0.4) is 0 Å². The molecule has 4 heteroatoms. The average molecular weight is 347 g/mol. The van der Waals surface area contributed by atoms with Crippen molar-refractivity contribution in [2.75, 3.05) is 0 Å². The number of nitriles is 1. The lowest BCUT2D eigenvalue weighted by Gasteiger charge is -2.28. The molecule has 2 N–H and O–H groups in total. The van der Waals surface area contributed by atoms with Crippen molar-refractivity contribution in [3.8, 4) is 11.8 Å². The second kappa shape index (κ2) is 5.84. The minimum absolute atomic E-state index is 0.146. The maximum atomic E-state index is 9.66. The largest absolute Gasteiger partial charge is 0.440 e. The third kappa shape index (κ3) is 2.43. The first-order valence-corrected chi connectivity index (χ1v) is 8.33. The Morgan fingerprint density at radius 3 is 2.44 bits per heavy atom. The zero-order valence-corrected chi connectivity index (χ0v) is 14.3. The Morgan fingerprint density at radius 2 is 1.76 bits per heavy atom. The number of hydrogen-bond acceptors (Lipinski definition) is 3. The zero-order valence-electron chi connectivity index (χ0n) is 13.6. The van der Waals surface area contributed by atoms with Gasteiger partial charge in [-0.2, -0.15) is 5.26 Å². The summed E-state index contributed by atoms with van der Waals surface area (Å²) in [6.07, 6.45) is 0. The molecule has 0 fully saturated rings. The normalized spacial score (nSPS) is 16.3. The maximum absolute atomic E-state index is 9.66. The van der Waals surface area contributed by atoms with Crippen LogP contribution >= 0.6 is 11.6 Å². The number of rotatable bonds is 1. The Morgan fingerprint density at radius 1 is 1.08 bits per heavy atom. The SMILES string of the molecule is Cc1ccc([C@@H]2C(C#N)=C(N)Oc3c2cc(Cl)c2ccccc32)cc1. The van der Waals surface area contributed by atoms with Gasteiger partial charge in [-0.3, -0.25) is 0 Å². The molecule has 3 aromatic rings. The smallest absolute Gasteiger partial charge is 0.205 e. The minimum atomic E-state index is -0.295. The van der Waals surface area contributed by atoms with Gasteiger partial charge in [0.25, 0.3) is 0 Å². The van der Waals surface area contributed by atoms with Crippen LogP contribution in [0, 0.1) is 18.3 Å². The van der Waals surface area contributed by atoms with Gasteiger partial charge in [-0.25, -0.2) is 0 Å². The molecule has 0 unspecified atom stereocenters. The molecular formula is C21H15ClN2O. The van der Waals surface area contributed by atoms with Crippen molar-refractivity contribution in [3.05, 3.63) is 87.8 Å². The van der Waals surface area contributed by atoms with Crippen LogP contribution in [0.5, 0.6) is 5.75 Å². The first-order valence-electron chi connectivity index (χ1n) is 7.95. The van der Waals surface area contributed by atoms with E-state index >= 15 is 0 Å². The molecule has 4 rings (SSSR count). The molecular weight excluding hydrogens is 332 g/mol. The van der Waals surface area contributed by atoms with Gasteiger partial charge in [0.15, 0.2) is 0 Å². The van der Waals surface area contributed by atoms with Gasteiger partial charge in [0.05, 0.1) is 5.92 Å². The second-order valence-electron chi connectivity index (χ2n) is 6.16. The van der Waals surface area contributed by atoms with E-state index in [1.165, 1.54) is 0 Å². The number of hydrogen-bond donors (Lipinski definition) is 1. The first-order chi connectivity index (χ1) is 12.1. The topological polar surface area (TPSA) is 59.0 Å². The summed E-state index contributed by atoms with van der Waals surface area (Å²) in [4.78, 5) is 0. The van der Waals surface area contributed by atoms with Crippen LogP contribution in [0.25, 0.3) is 10.8 Å². The molecule has 3 aromatic carbocycles. The molecule has 1 aliphatic heterocycles. The van der Waals surface area contributed by atoms with Crippen molar-refractivity contribution in [1.29, 1.82) is 5.26 Å². The molecule has 0 aliphatic carbocycles. The molecule has 1 aliphatic rings. The predicted molar refractivity (Wildman–Crippen MR) is 99.4 cm³/mol. The monoisotopic (exact) mass is 346 g/mol. The quantitative estimate of drug-likeness (QED) is 0.673. The van der Waals surface area contributed by atoms with Crippen molar-refractivity contribution >= 4 is 22.4 Å². The molecule has 1 heterocycles. The van der Waals surface area contributed by atoms with E-state index in [0.29, 0.717) is 16.3 Å². The Bertz CT molecular complexity index is 1060. The summed E-state index contributed by atoms with van der Waals surface area (Å²) in [7, 11) is 0. The standard InChI is InChI=1S/C21H15ClN2O/c1-12-6-8-13(9-7-12)19-16-10-18(22)14-4-2-3-5-15(14)20(16)25-21(24)17(19)11-23/h2-10,19H,24H2,1H3/t19-/m0/s1. The number of nitrogens with zero attached hydrogens (tertiary/aromatic N) is 1. The lowest BCUT2D eigenvalue weighted by Crippen LogP contribution is -2.21. The number of nitrogens with two attached hydrogens (primary N) is 1. The Balaban J connectivity index is 2.04. The molecule has 1 atom stereocenters. The van der Waals surface area contributed by atoms with Gasteiger partial charge < -0.3 is 10.5 Å². The molecule has 0 saturated heterocycles. The van der Waals surface area contributed by atoms with E-state index in [-0.39, 0.29) is 11.8 Å². The highest BCUT2D eigenvalue weighted by atomic mass is 35.5. The summed E-state index contributed by atoms with van der Waals surface area (Å²) in [5.41, 5.74) is 9.50. The molecule has 122 valence electrons. The fourth-order valence-electron chi connectivity index (χ4n) is 3.34. The lowest BCUT2D eigenvalue weighted by atomic mass is 9.82. The zero-order chi connectivity index (χ0) is 17.6. The van der Waals surface area contributed by atoms with Crippen molar-refractivity contribution in [3.63, 3.8) is 0 Å². The number of allylic oxidation sites excluding steroid dienone is 1. The number of aryl methyl sites for hydroxylation is 1. The van der Waals surface area contributed by atoms with Crippen LogP contribution in [-0.4, -0.2) is 0 Å². The Hall–Kier alpha value is -2.96. The maximum Gasteiger partial charge on any atom is 0.205 e. The van der Waals surface area contributed by atoms with Crippen LogP contribution in [0.1, 0.15) is 22.6 Å². The summed E-state index contributed by atoms with van der Waals surface area (Å²) in [5, 5.41) is 12.1. The van der Waals surface area contributed by atoms with Crippen molar-refractivity contribution in [2.45, 2.75) is 12.8 Å². The number of halogens is 1. The number of ether oxygens (including phenoxy) is 1. The van der Waals surface area contributed by atoms with E-state index in [0.717, 1.165) is 27.5 Å². The van der Waals surface area contributed by atoms with Gasteiger partial charge in [0.1, 0.15) is 17.4 Å². The molecule has 0 spiro atoms. The van der Waals surface area contributed by atoms with Crippen LogP contribution in [0.4, 0.5) is 0 Å². The van der Waals surface area contributed by atoms with Gasteiger partial charge >= 0.3 is 0 Å². The first kappa shape index (κ1) is 15.6. The van der Waals surface area contributed by atoms with Crippen LogP contribution < -0.4 is 10.5 Å². The summed E-state index contributed by atoms with van der Waals surface area (Å²) in [5.74, 6) is 0.520. The third-order valence-corrected chi connectivity index (χ3v) is 4.89. The van der Waals surface area contributed by atoms with Crippen molar-refractivity contribution in [1.82, 2.24) is 0 Å². The van der Waals surface area contributed by atoms with E-state index in [9.17, 15) is 5.26 Å². The Kier molecular flexibility index (Phi) is 3.63. The van der Waals surface area contributed by atoms with Crippen LogP contribution in [0.15, 0.2) is 66.1 Å². The average Bonchev–Trinajstić information content (AvgIpc) is 2.63. The fraction of sp³-hybridized carbons (Fsp3) is 0.0952. The van der Waals surface area contributed by atoms with E-state index in [4.69, 9.17) is 22.1 Å². The summed E-state index contributed by atoms with van der Waals surface area (Å²) in [6.45, 7) is 2.03. The highest BCUT2D eigenvalue weighted by Gasteiger charge is 2.32. The molecule has 25 heavy (non-hydrogen) atoms. The van der Waals surface area contributed by atoms with Crippen LogP contribution in [-0.2, 0) is 0 Å². The third-order valence-electron chi connectivity index (χ3n) is 4.58. The summed E-state index contributed by atoms with van der Waals surface area (Å²) >= 11 is 6.51.